The lowest BCUT2D eigenvalue weighted by molar-refractivity contribution is 0.0564. The van der Waals surface area contributed by atoms with E-state index in [2.05, 4.69) is 0 Å². The Kier molecular flexibility index (Phi) is 3.55. The summed E-state index contributed by atoms with van der Waals surface area (Å²) in [6.07, 6.45) is 3.83. The van der Waals surface area contributed by atoms with Crippen molar-refractivity contribution in [1.29, 1.82) is 0 Å². The molecular weight excluding hydrogens is 202 g/mol. The van der Waals surface area contributed by atoms with E-state index in [0.29, 0.717) is 13.0 Å². The number of aliphatic hydroxyl groups excluding tert-OH is 1. The van der Waals surface area contributed by atoms with Crippen molar-refractivity contribution in [2.75, 3.05) is 18.6 Å². The van der Waals surface area contributed by atoms with E-state index in [9.17, 15) is 13.5 Å². The third-order valence-corrected chi connectivity index (χ3v) is 4.18. The van der Waals surface area contributed by atoms with E-state index in [0.717, 1.165) is 19.3 Å². The zero-order valence-corrected chi connectivity index (χ0v) is 9.39. The molecule has 5 heteroatoms. The van der Waals surface area contributed by atoms with Crippen LogP contribution in [0.5, 0.6) is 0 Å². The first-order valence-electron chi connectivity index (χ1n) is 4.95. The molecule has 0 saturated heterocycles. The first-order chi connectivity index (χ1) is 6.40. The molecule has 1 aliphatic carbocycles. The van der Waals surface area contributed by atoms with E-state index in [-0.39, 0.29) is 11.2 Å². The Bertz CT molecular complexity index is 288. The van der Waals surface area contributed by atoms with Crippen molar-refractivity contribution in [2.45, 2.75) is 31.8 Å². The molecule has 2 unspecified atom stereocenters. The highest BCUT2D eigenvalue weighted by Gasteiger charge is 2.40. The van der Waals surface area contributed by atoms with Gasteiger partial charge in [-0.1, -0.05) is 6.42 Å². The summed E-state index contributed by atoms with van der Waals surface area (Å²) in [7, 11) is -2.95. The molecule has 0 aromatic rings. The monoisotopic (exact) mass is 221 g/mol. The fourth-order valence-corrected chi connectivity index (χ4v) is 2.92. The van der Waals surface area contributed by atoms with Gasteiger partial charge in [-0.15, -0.1) is 0 Å². The fourth-order valence-electron chi connectivity index (χ4n) is 2.14. The summed E-state index contributed by atoms with van der Waals surface area (Å²) >= 11 is 0. The van der Waals surface area contributed by atoms with Gasteiger partial charge in [0.05, 0.1) is 11.9 Å². The van der Waals surface area contributed by atoms with Gasteiger partial charge in [0.2, 0.25) is 0 Å². The highest BCUT2D eigenvalue weighted by atomic mass is 32.2. The summed E-state index contributed by atoms with van der Waals surface area (Å²) in [6.45, 7) is 0.379. The Labute approximate surface area is 85.4 Å². The quantitative estimate of drug-likeness (QED) is 0.695. The van der Waals surface area contributed by atoms with Crippen LogP contribution < -0.4 is 5.73 Å². The summed E-state index contributed by atoms with van der Waals surface area (Å²) < 4.78 is 22.1. The number of rotatable bonds is 4. The maximum Gasteiger partial charge on any atom is 0.147 e. The van der Waals surface area contributed by atoms with Crippen LogP contribution in [0.15, 0.2) is 0 Å². The second-order valence-corrected chi connectivity index (χ2v) is 6.61. The van der Waals surface area contributed by atoms with Gasteiger partial charge in [-0.2, -0.15) is 0 Å². The van der Waals surface area contributed by atoms with Crippen molar-refractivity contribution in [3.05, 3.63) is 0 Å². The second-order valence-electron chi connectivity index (χ2n) is 4.35. The Morgan fingerprint density at radius 1 is 1.57 bits per heavy atom. The van der Waals surface area contributed by atoms with Gasteiger partial charge in [0.25, 0.3) is 0 Å². The molecule has 2 atom stereocenters. The fraction of sp³-hybridized carbons (Fsp3) is 1.00. The first-order valence-corrected chi connectivity index (χ1v) is 7.01. The van der Waals surface area contributed by atoms with E-state index in [1.54, 1.807) is 0 Å². The van der Waals surface area contributed by atoms with Gasteiger partial charge in [0, 0.05) is 18.2 Å². The molecule has 0 aromatic carbocycles. The molecule has 0 radical (unpaired) electrons. The van der Waals surface area contributed by atoms with Gasteiger partial charge in [0.15, 0.2) is 0 Å². The summed E-state index contributed by atoms with van der Waals surface area (Å²) in [6, 6.07) is 0. The topological polar surface area (TPSA) is 80.4 Å². The molecule has 0 spiro atoms. The third-order valence-electron chi connectivity index (χ3n) is 3.24. The van der Waals surface area contributed by atoms with Gasteiger partial charge >= 0.3 is 0 Å². The van der Waals surface area contributed by atoms with Gasteiger partial charge in [-0.25, -0.2) is 8.42 Å². The predicted molar refractivity (Wildman–Crippen MR) is 55.7 cm³/mol. The van der Waals surface area contributed by atoms with Crippen molar-refractivity contribution in [1.82, 2.24) is 0 Å². The summed E-state index contributed by atoms with van der Waals surface area (Å²) in [5.41, 5.74) is 5.29. The summed E-state index contributed by atoms with van der Waals surface area (Å²) in [4.78, 5) is 0. The minimum absolute atomic E-state index is 0.126. The van der Waals surface area contributed by atoms with Gasteiger partial charge in [0.1, 0.15) is 9.84 Å². The molecule has 0 aliphatic heterocycles. The van der Waals surface area contributed by atoms with E-state index in [1.807, 2.05) is 0 Å². The minimum Gasteiger partial charge on any atom is -0.393 e. The molecule has 0 bridgehead atoms. The van der Waals surface area contributed by atoms with Crippen LogP contribution in [0.25, 0.3) is 0 Å². The molecule has 1 rings (SSSR count). The van der Waals surface area contributed by atoms with Gasteiger partial charge in [-0.05, 0) is 19.3 Å². The average Bonchev–Trinajstić information content (AvgIpc) is 2.43. The maximum atomic E-state index is 11.0. The highest BCUT2D eigenvalue weighted by Crippen LogP contribution is 2.40. The summed E-state index contributed by atoms with van der Waals surface area (Å²) in [5.74, 6) is 0.126. The van der Waals surface area contributed by atoms with E-state index in [1.165, 1.54) is 6.26 Å². The number of hydrogen-bond donors (Lipinski definition) is 2. The lowest BCUT2D eigenvalue weighted by Crippen LogP contribution is -2.39. The van der Waals surface area contributed by atoms with Crippen molar-refractivity contribution < 1.29 is 13.5 Å². The Morgan fingerprint density at radius 3 is 2.57 bits per heavy atom. The normalized spacial score (nSPS) is 33.5. The van der Waals surface area contributed by atoms with Crippen LogP contribution in [0.2, 0.25) is 0 Å². The number of hydrogen-bond acceptors (Lipinski definition) is 4. The molecule has 84 valence electrons. The smallest absolute Gasteiger partial charge is 0.147 e. The standard InChI is InChI=1S/C9H19NO3S/c1-14(12,13)6-5-9(7-10)4-2-3-8(9)11/h8,11H,2-7,10H2,1H3. The maximum absolute atomic E-state index is 11.0. The number of aliphatic hydroxyl groups is 1. The lowest BCUT2D eigenvalue weighted by atomic mass is 9.81. The minimum atomic E-state index is -2.95. The molecule has 0 aromatic heterocycles. The van der Waals surface area contributed by atoms with Gasteiger partial charge in [-0.3, -0.25) is 0 Å². The third kappa shape index (κ3) is 2.68. The highest BCUT2D eigenvalue weighted by molar-refractivity contribution is 7.90. The molecule has 14 heavy (non-hydrogen) atoms. The van der Waals surface area contributed by atoms with Crippen LogP contribution in [-0.4, -0.2) is 38.2 Å². The first kappa shape index (κ1) is 11.9. The zero-order chi connectivity index (χ0) is 10.8. The molecule has 1 saturated carbocycles. The molecule has 4 nitrogen and oxygen atoms in total. The largest absolute Gasteiger partial charge is 0.393 e. The van der Waals surface area contributed by atoms with E-state index >= 15 is 0 Å². The number of sulfone groups is 1. The Balaban J connectivity index is 2.63. The second kappa shape index (κ2) is 4.16. The van der Waals surface area contributed by atoms with Crippen LogP contribution in [0.4, 0.5) is 0 Å². The van der Waals surface area contributed by atoms with Crippen LogP contribution >= 0.6 is 0 Å². The predicted octanol–water partition coefficient (Wildman–Crippen LogP) is -0.0890. The Morgan fingerprint density at radius 2 is 2.21 bits per heavy atom. The Hall–Kier alpha value is -0.130. The molecule has 3 N–H and O–H groups in total. The molecule has 1 fully saturated rings. The molecular formula is C9H19NO3S. The van der Waals surface area contributed by atoms with Crippen LogP contribution in [0.3, 0.4) is 0 Å². The van der Waals surface area contributed by atoms with Crippen molar-refractivity contribution in [2.24, 2.45) is 11.1 Å². The zero-order valence-electron chi connectivity index (χ0n) is 8.57. The van der Waals surface area contributed by atoms with E-state index in [4.69, 9.17) is 5.73 Å². The van der Waals surface area contributed by atoms with Gasteiger partial charge < -0.3 is 10.8 Å². The van der Waals surface area contributed by atoms with Crippen LogP contribution in [0.1, 0.15) is 25.7 Å². The SMILES string of the molecule is CS(=O)(=O)CCC1(CN)CCCC1O. The summed E-state index contributed by atoms with van der Waals surface area (Å²) in [5, 5.41) is 9.76. The average molecular weight is 221 g/mol. The van der Waals surface area contributed by atoms with Crippen molar-refractivity contribution in [3.63, 3.8) is 0 Å². The molecule has 0 heterocycles. The van der Waals surface area contributed by atoms with Crippen molar-refractivity contribution in [3.8, 4) is 0 Å². The molecule has 0 amide bonds. The van der Waals surface area contributed by atoms with E-state index < -0.39 is 15.9 Å². The van der Waals surface area contributed by atoms with Crippen LogP contribution in [-0.2, 0) is 9.84 Å². The lowest BCUT2D eigenvalue weighted by Gasteiger charge is -2.30. The molecule has 1 aliphatic rings. The number of nitrogens with two attached hydrogens (primary N) is 1. The van der Waals surface area contributed by atoms with Crippen molar-refractivity contribution >= 4 is 9.84 Å². The van der Waals surface area contributed by atoms with Crippen LogP contribution in [0, 0.1) is 5.41 Å².